The summed E-state index contributed by atoms with van der Waals surface area (Å²) in [7, 11) is 0. The van der Waals surface area contributed by atoms with Crippen molar-refractivity contribution in [2.45, 2.75) is 44.8 Å². The minimum absolute atomic E-state index is 0.168. The van der Waals surface area contributed by atoms with Gasteiger partial charge in [-0.2, -0.15) is 0 Å². The van der Waals surface area contributed by atoms with Gasteiger partial charge in [-0.15, -0.1) is 0 Å². The molecule has 1 fully saturated rings. The van der Waals surface area contributed by atoms with Gasteiger partial charge in [0.15, 0.2) is 6.10 Å². The number of nitrogens with one attached hydrogen (secondary N) is 1. The minimum Gasteiger partial charge on any atom is -0.454 e. The Balaban J connectivity index is 2.14. The SMILES string of the molecule is CCC(=O)OC(c1ccccn1)C1CCCCN1. The molecule has 1 N–H and O–H groups in total. The Morgan fingerprint density at radius 2 is 2.44 bits per heavy atom. The van der Waals surface area contributed by atoms with E-state index in [1.54, 1.807) is 6.20 Å². The maximum atomic E-state index is 11.6. The van der Waals surface area contributed by atoms with Gasteiger partial charge in [0.25, 0.3) is 0 Å². The van der Waals surface area contributed by atoms with Gasteiger partial charge in [0.2, 0.25) is 0 Å². The van der Waals surface area contributed by atoms with Gasteiger partial charge in [0.05, 0.1) is 5.69 Å². The molecule has 0 spiro atoms. The topological polar surface area (TPSA) is 51.2 Å². The number of rotatable bonds is 4. The fourth-order valence-corrected chi connectivity index (χ4v) is 2.26. The molecule has 98 valence electrons. The maximum Gasteiger partial charge on any atom is 0.306 e. The second-order valence-electron chi connectivity index (χ2n) is 4.58. The quantitative estimate of drug-likeness (QED) is 0.830. The molecule has 2 unspecified atom stereocenters. The van der Waals surface area contributed by atoms with Crippen molar-refractivity contribution < 1.29 is 9.53 Å². The third kappa shape index (κ3) is 3.29. The first-order valence-corrected chi connectivity index (χ1v) is 6.65. The number of piperidine rings is 1. The predicted molar refractivity (Wildman–Crippen MR) is 69.0 cm³/mol. The number of aromatic nitrogens is 1. The van der Waals surface area contributed by atoms with Crippen molar-refractivity contribution in [2.24, 2.45) is 0 Å². The summed E-state index contributed by atoms with van der Waals surface area (Å²) >= 11 is 0. The first-order chi connectivity index (χ1) is 8.81. The highest BCUT2D eigenvalue weighted by Gasteiger charge is 2.28. The van der Waals surface area contributed by atoms with Gasteiger partial charge < -0.3 is 10.1 Å². The molecule has 0 aromatic carbocycles. The summed E-state index contributed by atoms with van der Waals surface area (Å²) in [6, 6.07) is 5.90. The minimum atomic E-state index is -0.265. The van der Waals surface area contributed by atoms with Gasteiger partial charge in [-0.3, -0.25) is 9.78 Å². The van der Waals surface area contributed by atoms with E-state index >= 15 is 0 Å². The van der Waals surface area contributed by atoms with Crippen molar-refractivity contribution in [3.05, 3.63) is 30.1 Å². The second kappa shape index (κ2) is 6.50. The summed E-state index contributed by atoms with van der Waals surface area (Å²) in [6.07, 6.45) is 5.26. The van der Waals surface area contributed by atoms with Crippen LogP contribution in [0.25, 0.3) is 0 Å². The molecule has 1 saturated heterocycles. The van der Waals surface area contributed by atoms with Crippen molar-refractivity contribution in [1.29, 1.82) is 0 Å². The molecule has 4 nitrogen and oxygen atoms in total. The lowest BCUT2D eigenvalue weighted by Gasteiger charge is -2.30. The van der Waals surface area contributed by atoms with Crippen molar-refractivity contribution in [1.82, 2.24) is 10.3 Å². The van der Waals surface area contributed by atoms with Gasteiger partial charge in [-0.25, -0.2) is 0 Å². The monoisotopic (exact) mass is 248 g/mol. The maximum absolute atomic E-state index is 11.6. The van der Waals surface area contributed by atoms with Crippen LogP contribution in [0.3, 0.4) is 0 Å². The Labute approximate surface area is 108 Å². The molecular formula is C14H20N2O2. The first-order valence-electron chi connectivity index (χ1n) is 6.65. The van der Waals surface area contributed by atoms with E-state index in [4.69, 9.17) is 4.74 Å². The van der Waals surface area contributed by atoms with E-state index < -0.39 is 0 Å². The molecule has 1 aliphatic heterocycles. The van der Waals surface area contributed by atoms with Crippen molar-refractivity contribution in [3.63, 3.8) is 0 Å². The first kappa shape index (κ1) is 13.0. The number of ether oxygens (including phenoxy) is 1. The zero-order valence-electron chi connectivity index (χ0n) is 10.8. The van der Waals surface area contributed by atoms with E-state index in [0.717, 1.165) is 18.7 Å². The fraction of sp³-hybridized carbons (Fsp3) is 0.571. The number of nitrogens with zero attached hydrogens (tertiary/aromatic N) is 1. The molecule has 0 saturated carbocycles. The number of carbonyl (C=O) groups is 1. The number of hydrogen-bond donors (Lipinski definition) is 1. The third-order valence-corrected chi connectivity index (χ3v) is 3.24. The van der Waals surface area contributed by atoms with Crippen LogP contribution in [0.5, 0.6) is 0 Å². The van der Waals surface area contributed by atoms with E-state index in [-0.39, 0.29) is 18.1 Å². The third-order valence-electron chi connectivity index (χ3n) is 3.24. The number of carbonyl (C=O) groups excluding carboxylic acids is 1. The van der Waals surface area contributed by atoms with Gasteiger partial charge >= 0.3 is 5.97 Å². The summed E-state index contributed by atoms with van der Waals surface area (Å²) in [5.74, 6) is -0.168. The zero-order valence-corrected chi connectivity index (χ0v) is 10.8. The number of pyridine rings is 1. The molecule has 2 heterocycles. The second-order valence-corrected chi connectivity index (χ2v) is 4.58. The Bertz CT molecular complexity index is 375. The van der Waals surface area contributed by atoms with Crippen LogP contribution in [-0.2, 0) is 9.53 Å². The van der Waals surface area contributed by atoms with Crippen LogP contribution in [0, 0.1) is 0 Å². The number of esters is 1. The molecule has 1 aromatic heterocycles. The Morgan fingerprint density at radius 1 is 1.56 bits per heavy atom. The molecule has 0 aliphatic carbocycles. The fourth-order valence-electron chi connectivity index (χ4n) is 2.26. The van der Waals surface area contributed by atoms with Gasteiger partial charge in [0.1, 0.15) is 0 Å². The molecule has 1 aliphatic rings. The van der Waals surface area contributed by atoms with E-state index in [1.807, 2.05) is 25.1 Å². The molecule has 0 radical (unpaired) electrons. The summed E-state index contributed by atoms with van der Waals surface area (Å²) in [4.78, 5) is 15.9. The Hall–Kier alpha value is -1.42. The average molecular weight is 248 g/mol. The predicted octanol–water partition coefficient (Wildman–Crippen LogP) is 2.22. The molecule has 2 atom stereocenters. The molecule has 2 rings (SSSR count). The van der Waals surface area contributed by atoms with Crippen LogP contribution in [0.2, 0.25) is 0 Å². The molecule has 0 bridgehead atoms. The van der Waals surface area contributed by atoms with Crippen molar-refractivity contribution in [3.8, 4) is 0 Å². The van der Waals surface area contributed by atoms with Gasteiger partial charge in [-0.05, 0) is 31.5 Å². The van der Waals surface area contributed by atoms with E-state index in [9.17, 15) is 4.79 Å². The molecule has 1 aromatic rings. The zero-order chi connectivity index (χ0) is 12.8. The summed E-state index contributed by atoms with van der Waals surface area (Å²) in [5, 5.41) is 3.43. The van der Waals surface area contributed by atoms with E-state index in [0.29, 0.717) is 6.42 Å². The summed E-state index contributed by atoms with van der Waals surface area (Å²) in [5.41, 5.74) is 0.832. The molecular weight excluding hydrogens is 228 g/mol. The van der Waals surface area contributed by atoms with Gasteiger partial charge in [0, 0.05) is 18.7 Å². The lowest BCUT2D eigenvalue weighted by molar-refractivity contribution is -0.151. The van der Waals surface area contributed by atoms with Crippen LogP contribution in [0.4, 0.5) is 0 Å². The van der Waals surface area contributed by atoms with Crippen LogP contribution in [0.15, 0.2) is 24.4 Å². The number of hydrogen-bond acceptors (Lipinski definition) is 4. The van der Waals surface area contributed by atoms with Crippen LogP contribution >= 0.6 is 0 Å². The van der Waals surface area contributed by atoms with E-state index in [2.05, 4.69) is 10.3 Å². The summed E-state index contributed by atoms with van der Waals surface area (Å²) < 4.78 is 5.56. The van der Waals surface area contributed by atoms with E-state index in [1.165, 1.54) is 12.8 Å². The van der Waals surface area contributed by atoms with Crippen molar-refractivity contribution >= 4 is 5.97 Å². The Morgan fingerprint density at radius 3 is 3.06 bits per heavy atom. The van der Waals surface area contributed by atoms with Crippen LogP contribution in [-0.4, -0.2) is 23.5 Å². The average Bonchev–Trinajstić information content (AvgIpc) is 2.46. The van der Waals surface area contributed by atoms with Crippen molar-refractivity contribution in [2.75, 3.05) is 6.54 Å². The highest BCUT2D eigenvalue weighted by atomic mass is 16.5. The normalized spacial score (nSPS) is 21.3. The highest BCUT2D eigenvalue weighted by molar-refractivity contribution is 5.69. The summed E-state index contributed by atoms with van der Waals surface area (Å²) in [6.45, 7) is 2.80. The molecule has 18 heavy (non-hydrogen) atoms. The smallest absolute Gasteiger partial charge is 0.306 e. The lowest BCUT2D eigenvalue weighted by atomic mass is 9.97. The standard InChI is InChI=1S/C14H20N2O2/c1-2-13(17)18-14(11-7-3-5-9-15-11)12-8-4-6-10-16-12/h3,5,7,9,12,14,16H,2,4,6,8,10H2,1H3. The van der Waals surface area contributed by atoms with Gasteiger partial charge in [-0.1, -0.05) is 19.4 Å². The molecule has 0 amide bonds. The Kier molecular flexibility index (Phi) is 4.70. The molecule has 4 heteroatoms. The van der Waals surface area contributed by atoms with Crippen LogP contribution in [0.1, 0.15) is 44.4 Å². The van der Waals surface area contributed by atoms with Crippen LogP contribution < -0.4 is 5.32 Å². The lowest BCUT2D eigenvalue weighted by Crippen LogP contribution is -2.40. The largest absolute Gasteiger partial charge is 0.454 e. The highest BCUT2D eigenvalue weighted by Crippen LogP contribution is 2.25.